The maximum atomic E-state index is 13.2. The molecule has 10 nitrogen and oxygen atoms in total. The molecule has 1 aliphatic heterocycles. The molecule has 2 aromatic carbocycles. The summed E-state index contributed by atoms with van der Waals surface area (Å²) in [5.41, 5.74) is 0.678. The van der Waals surface area contributed by atoms with Gasteiger partial charge < -0.3 is 24.4 Å². The largest absolute Gasteiger partial charge is 0.507 e. The van der Waals surface area contributed by atoms with Crippen molar-refractivity contribution < 1.29 is 32.6 Å². The molecule has 194 valence electrons. The number of hydrogen-bond donors (Lipinski definition) is 1. The second-order valence-electron chi connectivity index (χ2n) is 8.72. The molecule has 0 radical (unpaired) electrons. The number of ketones is 1. The molecule has 3 rings (SSSR count). The van der Waals surface area contributed by atoms with Gasteiger partial charge in [-0.1, -0.05) is 6.07 Å². The average Bonchev–Trinajstić information content (AvgIpc) is 3.11. The van der Waals surface area contributed by atoms with Gasteiger partial charge in [-0.25, -0.2) is 12.7 Å². The lowest BCUT2D eigenvalue weighted by Gasteiger charge is -2.27. The van der Waals surface area contributed by atoms with Crippen LogP contribution in [0.25, 0.3) is 5.76 Å². The lowest BCUT2D eigenvalue weighted by molar-refractivity contribution is -0.140. The molecule has 1 atom stereocenters. The van der Waals surface area contributed by atoms with E-state index in [2.05, 4.69) is 0 Å². The van der Waals surface area contributed by atoms with Crippen LogP contribution < -0.4 is 9.47 Å². The van der Waals surface area contributed by atoms with Gasteiger partial charge in [0.1, 0.15) is 5.76 Å². The van der Waals surface area contributed by atoms with Gasteiger partial charge in [-0.3, -0.25) is 9.59 Å². The quantitative estimate of drug-likeness (QED) is 0.305. The third-order valence-electron chi connectivity index (χ3n) is 5.96. The van der Waals surface area contributed by atoms with E-state index >= 15 is 0 Å². The Hall–Kier alpha value is -3.41. The lowest BCUT2D eigenvalue weighted by Crippen LogP contribution is -2.35. The third-order valence-corrected chi connectivity index (χ3v) is 7.79. The summed E-state index contributed by atoms with van der Waals surface area (Å²) in [6.45, 7) is 0.737. The molecule has 1 heterocycles. The van der Waals surface area contributed by atoms with E-state index in [0.717, 1.165) is 4.31 Å². The third kappa shape index (κ3) is 5.08. The molecular formula is C25H31N3O7S. The minimum absolute atomic E-state index is 0.0342. The Balaban J connectivity index is 2.17. The maximum absolute atomic E-state index is 13.2. The van der Waals surface area contributed by atoms with Crippen LogP contribution >= 0.6 is 0 Å². The van der Waals surface area contributed by atoms with E-state index in [0.29, 0.717) is 23.6 Å². The Labute approximate surface area is 211 Å². The number of hydrogen-bond acceptors (Lipinski definition) is 8. The monoisotopic (exact) mass is 517 g/mol. The number of rotatable bonds is 9. The van der Waals surface area contributed by atoms with Crippen LogP contribution in [0, 0.1) is 0 Å². The summed E-state index contributed by atoms with van der Waals surface area (Å²) in [7, 11) is 5.85. The predicted molar refractivity (Wildman–Crippen MR) is 134 cm³/mol. The summed E-state index contributed by atoms with van der Waals surface area (Å²) in [5.74, 6) is -1.06. The van der Waals surface area contributed by atoms with Gasteiger partial charge >= 0.3 is 0 Å². The fourth-order valence-corrected chi connectivity index (χ4v) is 4.84. The molecule has 0 spiro atoms. The first-order valence-corrected chi connectivity index (χ1v) is 12.6. The maximum Gasteiger partial charge on any atom is 0.295 e. The molecule has 2 aromatic rings. The van der Waals surface area contributed by atoms with Crippen molar-refractivity contribution >= 4 is 27.5 Å². The van der Waals surface area contributed by atoms with Gasteiger partial charge in [0.05, 0.1) is 30.7 Å². The fraction of sp³-hybridized carbons (Fsp3) is 0.360. The van der Waals surface area contributed by atoms with Gasteiger partial charge in [0.25, 0.3) is 11.7 Å². The molecule has 36 heavy (non-hydrogen) atoms. The normalized spacial score (nSPS) is 17.8. The van der Waals surface area contributed by atoms with Crippen molar-refractivity contribution in [2.75, 3.05) is 55.5 Å². The molecule has 1 saturated heterocycles. The van der Waals surface area contributed by atoms with Crippen LogP contribution in [-0.4, -0.2) is 94.8 Å². The van der Waals surface area contributed by atoms with Gasteiger partial charge in [0.15, 0.2) is 11.5 Å². The van der Waals surface area contributed by atoms with E-state index in [-0.39, 0.29) is 22.6 Å². The molecule has 1 aliphatic rings. The zero-order valence-electron chi connectivity index (χ0n) is 21.2. The molecule has 0 saturated carbocycles. The number of sulfonamides is 1. The van der Waals surface area contributed by atoms with E-state index in [1.807, 2.05) is 19.0 Å². The number of nitrogens with zero attached hydrogens (tertiary/aromatic N) is 3. The molecule has 0 aromatic heterocycles. The Morgan fingerprint density at radius 2 is 1.58 bits per heavy atom. The summed E-state index contributed by atoms with van der Waals surface area (Å²) < 4.78 is 36.6. The first-order chi connectivity index (χ1) is 16.9. The average molecular weight is 518 g/mol. The van der Waals surface area contributed by atoms with Crippen molar-refractivity contribution in [3.63, 3.8) is 0 Å². The van der Waals surface area contributed by atoms with Crippen LogP contribution in [0.15, 0.2) is 52.9 Å². The van der Waals surface area contributed by atoms with Crippen molar-refractivity contribution in [1.82, 2.24) is 14.1 Å². The van der Waals surface area contributed by atoms with E-state index < -0.39 is 33.5 Å². The molecule has 1 unspecified atom stereocenters. The van der Waals surface area contributed by atoms with Crippen molar-refractivity contribution in [3.8, 4) is 11.5 Å². The van der Waals surface area contributed by atoms with Crippen molar-refractivity contribution in [2.24, 2.45) is 0 Å². The highest BCUT2D eigenvalue weighted by molar-refractivity contribution is 7.89. The van der Waals surface area contributed by atoms with Gasteiger partial charge in [-0.15, -0.1) is 0 Å². The van der Waals surface area contributed by atoms with Crippen molar-refractivity contribution in [3.05, 3.63) is 59.2 Å². The first-order valence-electron chi connectivity index (χ1n) is 11.1. The summed E-state index contributed by atoms with van der Waals surface area (Å²) >= 11 is 0. The summed E-state index contributed by atoms with van der Waals surface area (Å²) in [6.07, 6.45) is 0. The number of aliphatic hydroxyl groups excluding tert-OH is 1. The number of benzene rings is 2. The fourth-order valence-electron chi connectivity index (χ4n) is 3.94. The van der Waals surface area contributed by atoms with Crippen molar-refractivity contribution in [1.29, 1.82) is 0 Å². The second kappa shape index (κ2) is 10.7. The van der Waals surface area contributed by atoms with E-state index in [4.69, 9.17) is 9.47 Å². The number of likely N-dealkylation sites (tertiary alicyclic amines) is 1. The molecule has 1 amide bonds. The molecule has 11 heteroatoms. The van der Waals surface area contributed by atoms with Gasteiger partial charge in [0.2, 0.25) is 10.0 Å². The number of aliphatic hydroxyl groups is 1. The first kappa shape index (κ1) is 27.2. The van der Waals surface area contributed by atoms with Crippen LogP contribution in [0.4, 0.5) is 0 Å². The number of likely N-dealkylation sites (N-methyl/N-ethyl adjacent to an activating group) is 1. The minimum atomic E-state index is -3.67. The summed E-state index contributed by atoms with van der Waals surface area (Å²) in [6, 6.07) is 9.67. The molecule has 0 aliphatic carbocycles. The highest BCUT2D eigenvalue weighted by atomic mass is 32.2. The number of carbonyl (C=O) groups is 2. The molecule has 0 bridgehead atoms. The van der Waals surface area contributed by atoms with E-state index in [1.165, 1.54) is 57.5 Å². The Morgan fingerprint density at radius 1 is 0.972 bits per heavy atom. The Kier molecular flexibility index (Phi) is 8.07. The number of amides is 1. The number of carbonyl (C=O) groups excluding carboxylic acids is 2. The lowest BCUT2D eigenvalue weighted by atomic mass is 9.95. The van der Waals surface area contributed by atoms with Gasteiger partial charge in [-0.2, -0.15) is 0 Å². The number of ether oxygens (including phenoxy) is 2. The van der Waals surface area contributed by atoms with Crippen molar-refractivity contribution in [2.45, 2.75) is 10.9 Å². The van der Waals surface area contributed by atoms with Crippen LogP contribution in [-0.2, 0) is 19.6 Å². The van der Waals surface area contributed by atoms with Gasteiger partial charge in [-0.05, 0) is 56.1 Å². The Bertz CT molecular complexity index is 1290. The predicted octanol–water partition coefficient (Wildman–Crippen LogP) is 1.94. The highest BCUT2D eigenvalue weighted by Gasteiger charge is 2.46. The number of Topliss-reactive ketones (excluding diaryl/α,β-unsaturated/α-hetero) is 1. The minimum Gasteiger partial charge on any atom is -0.507 e. The second-order valence-corrected chi connectivity index (χ2v) is 10.9. The molecule has 1 fully saturated rings. The van der Waals surface area contributed by atoms with Crippen LogP contribution in [0.2, 0.25) is 0 Å². The SMILES string of the molecule is COc1ccc(C2/C(=C(\O)c3ccc(S(=O)(=O)N(C)C)cc3)C(=O)C(=O)N2CCN(C)C)cc1OC. The van der Waals surface area contributed by atoms with Crippen LogP contribution in [0.1, 0.15) is 17.2 Å². The summed E-state index contributed by atoms with van der Waals surface area (Å²) in [4.78, 5) is 29.6. The molecule has 1 N–H and O–H groups in total. The summed E-state index contributed by atoms with van der Waals surface area (Å²) in [5, 5.41) is 11.2. The van der Waals surface area contributed by atoms with E-state index in [9.17, 15) is 23.1 Å². The van der Waals surface area contributed by atoms with Gasteiger partial charge in [0, 0.05) is 32.7 Å². The van der Waals surface area contributed by atoms with Crippen LogP contribution in [0.3, 0.4) is 0 Å². The Morgan fingerprint density at radius 3 is 2.11 bits per heavy atom. The van der Waals surface area contributed by atoms with E-state index in [1.54, 1.807) is 18.2 Å². The highest BCUT2D eigenvalue weighted by Crippen LogP contribution is 2.41. The zero-order chi connectivity index (χ0) is 26.8. The molecular weight excluding hydrogens is 486 g/mol. The smallest absolute Gasteiger partial charge is 0.295 e. The number of methoxy groups -OCH3 is 2. The zero-order valence-corrected chi connectivity index (χ0v) is 22.0. The topological polar surface area (TPSA) is 117 Å². The van der Waals surface area contributed by atoms with Crippen LogP contribution in [0.5, 0.6) is 11.5 Å². The standard InChI is InChI=1S/C25H31N3O7S/c1-26(2)13-14-28-22(17-9-12-19(34-5)20(15-17)35-6)21(24(30)25(28)31)23(29)16-7-10-18(11-8-16)36(32,33)27(3)4/h7-12,15,22,29H,13-14H2,1-6H3/b23-21+.